The first-order valence-corrected chi connectivity index (χ1v) is 2.73. The Morgan fingerprint density at radius 1 is 1.56 bits per heavy atom. The van der Waals surface area contributed by atoms with Crippen molar-refractivity contribution in [3.63, 3.8) is 0 Å². The second kappa shape index (κ2) is 2.46. The van der Waals surface area contributed by atoms with Crippen molar-refractivity contribution in [3.8, 4) is 0 Å². The normalized spacial score (nSPS) is 24.6. The van der Waals surface area contributed by atoms with Gasteiger partial charge in [-0.25, -0.2) is 0 Å². The molecule has 1 aliphatic heterocycles. The SMILES string of the molecule is N=CN1C=CC=CC1N. The Morgan fingerprint density at radius 3 is 2.78 bits per heavy atom. The minimum atomic E-state index is -0.160. The van der Waals surface area contributed by atoms with E-state index in [2.05, 4.69) is 0 Å². The van der Waals surface area contributed by atoms with Crippen molar-refractivity contribution in [2.24, 2.45) is 5.73 Å². The van der Waals surface area contributed by atoms with Gasteiger partial charge in [0.2, 0.25) is 0 Å². The molecule has 3 N–H and O–H groups in total. The number of rotatable bonds is 1. The molecule has 0 fully saturated rings. The first-order valence-electron chi connectivity index (χ1n) is 2.73. The van der Waals surface area contributed by atoms with E-state index < -0.39 is 0 Å². The van der Waals surface area contributed by atoms with Crippen molar-refractivity contribution in [2.75, 3.05) is 0 Å². The van der Waals surface area contributed by atoms with Crippen LogP contribution in [-0.4, -0.2) is 17.4 Å². The zero-order valence-corrected chi connectivity index (χ0v) is 4.99. The van der Waals surface area contributed by atoms with Crippen LogP contribution in [0.2, 0.25) is 0 Å². The number of allylic oxidation sites excluding steroid dienone is 2. The molecular weight excluding hydrogens is 114 g/mol. The summed E-state index contributed by atoms with van der Waals surface area (Å²) in [6, 6.07) is 0. The number of hydrogen-bond acceptors (Lipinski definition) is 2. The fraction of sp³-hybridized carbons (Fsp3) is 0.167. The Labute approximate surface area is 54.0 Å². The molecule has 0 radical (unpaired) electrons. The maximum atomic E-state index is 6.86. The van der Waals surface area contributed by atoms with Crippen LogP contribution in [0.1, 0.15) is 0 Å². The van der Waals surface area contributed by atoms with E-state index in [0.29, 0.717) is 0 Å². The van der Waals surface area contributed by atoms with Crippen LogP contribution in [-0.2, 0) is 0 Å². The Balaban J connectivity index is 2.65. The zero-order valence-electron chi connectivity index (χ0n) is 4.99. The Bertz CT molecular complexity index is 160. The van der Waals surface area contributed by atoms with Crippen LogP contribution in [0, 0.1) is 5.41 Å². The molecule has 0 bridgehead atoms. The van der Waals surface area contributed by atoms with E-state index in [9.17, 15) is 0 Å². The molecule has 1 heterocycles. The van der Waals surface area contributed by atoms with Gasteiger partial charge in [0.15, 0.2) is 0 Å². The average molecular weight is 123 g/mol. The molecule has 9 heavy (non-hydrogen) atoms. The van der Waals surface area contributed by atoms with Crippen LogP contribution >= 0.6 is 0 Å². The van der Waals surface area contributed by atoms with Crippen molar-refractivity contribution in [3.05, 3.63) is 24.4 Å². The second-order valence-corrected chi connectivity index (χ2v) is 1.79. The highest BCUT2D eigenvalue weighted by Crippen LogP contribution is 1.98. The molecule has 1 rings (SSSR count). The quantitative estimate of drug-likeness (QED) is 0.388. The summed E-state index contributed by atoms with van der Waals surface area (Å²) in [7, 11) is 0. The first-order chi connectivity index (χ1) is 4.34. The summed E-state index contributed by atoms with van der Waals surface area (Å²) < 4.78 is 0. The van der Waals surface area contributed by atoms with Gasteiger partial charge in [0.05, 0.1) is 6.34 Å². The summed E-state index contributed by atoms with van der Waals surface area (Å²) in [6.45, 7) is 0. The molecule has 0 aromatic carbocycles. The molecule has 0 spiro atoms. The van der Waals surface area contributed by atoms with Gasteiger partial charge in [0.1, 0.15) is 6.17 Å². The highest BCUT2D eigenvalue weighted by atomic mass is 15.2. The van der Waals surface area contributed by atoms with Gasteiger partial charge in [0.25, 0.3) is 0 Å². The van der Waals surface area contributed by atoms with Gasteiger partial charge in [-0.2, -0.15) is 0 Å². The average Bonchev–Trinajstić information content (AvgIpc) is 1.89. The highest BCUT2D eigenvalue weighted by molar-refractivity contribution is 5.54. The first kappa shape index (κ1) is 6.04. The fourth-order valence-corrected chi connectivity index (χ4v) is 0.655. The van der Waals surface area contributed by atoms with Gasteiger partial charge in [-0.1, -0.05) is 6.08 Å². The van der Waals surface area contributed by atoms with E-state index in [-0.39, 0.29) is 6.17 Å². The van der Waals surface area contributed by atoms with E-state index in [0.717, 1.165) is 0 Å². The third kappa shape index (κ3) is 1.17. The Morgan fingerprint density at radius 2 is 2.33 bits per heavy atom. The molecule has 0 aliphatic carbocycles. The minimum absolute atomic E-state index is 0.160. The monoisotopic (exact) mass is 123 g/mol. The van der Waals surface area contributed by atoms with Gasteiger partial charge >= 0.3 is 0 Å². The van der Waals surface area contributed by atoms with E-state index in [1.54, 1.807) is 11.1 Å². The zero-order chi connectivity index (χ0) is 6.69. The Hall–Kier alpha value is -1.09. The number of nitrogens with zero attached hydrogens (tertiary/aromatic N) is 1. The van der Waals surface area contributed by atoms with Crippen LogP contribution in [0.3, 0.4) is 0 Å². The topological polar surface area (TPSA) is 53.1 Å². The van der Waals surface area contributed by atoms with E-state index in [4.69, 9.17) is 11.1 Å². The van der Waals surface area contributed by atoms with E-state index in [1.165, 1.54) is 6.34 Å². The largest absolute Gasteiger partial charge is 0.320 e. The van der Waals surface area contributed by atoms with Crippen LogP contribution in [0.5, 0.6) is 0 Å². The third-order valence-electron chi connectivity index (χ3n) is 1.17. The predicted octanol–water partition coefficient (Wildman–Crippen LogP) is 0.264. The molecule has 3 heteroatoms. The van der Waals surface area contributed by atoms with Gasteiger partial charge < -0.3 is 10.6 Å². The fourth-order valence-electron chi connectivity index (χ4n) is 0.655. The second-order valence-electron chi connectivity index (χ2n) is 1.79. The molecule has 0 aromatic rings. The summed E-state index contributed by atoms with van der Waals surface area (Å²) in [5, 5.41) is 6.86. The number of nitrogens with two attached hydrogens (primary N) is 1. The van der Waals surface area contributed by atoms with Crippen LogP contribution in [0.15, 0.2) is 24.4 Å². The predicted molar refractivity (Wildman–Crippen MR) is 36.9 cm³/mol. The van der Waals surface area contributed by atoms with Crippen molar-refractivity contribution in [1.29, 1.82) is 5.41 Å². The minimum Gasteiger partial charge on any atom is -0.320 e. The lowest BCUT2D eigenvalue weighted by Gasteiger charge is -2.20. The van der Waals surface area contributed by atoms with Crippen molar-refractivity contribution in [2.45, 2.75) is 6.17 Å². The number of nitrogens with one attached hydrogen (secondary N) is 1. The molecular formula is C6H9N3. The summed E-state index contributed by atoms with van der Waals surface area (Å²) >= 11 is 0. The molecule has 1 atom stereocenters. The molecule has 3 nitrogen and oxygen atoms in total. The molecule has 0 amide bonds. The molecule has 48 valence electrons. The van der Waals surface area contributed by atoms with Crippen molar-refractivity contribution < 1.29 is 0 Å². The van der Waals surface area contributed by atoms with Crippen LogP contribution in [0.4, 0.5) is 0 Å². The highest BCUT2D eigenvalue weighted by Gasteiger charge is 2.03. The molecule has 0 saturated carbocycles. The van der Waals surface area contributed by atoms with Gasteiger partial charge in [-0.3, -0.25) is 5.41 Å². The van der Waals surface area contributed by atoms with E-state index in [1.807, 2.05) is 18.2 Å². The molecule has 0 aromatic heterocycles. The smallest absolute Gasteiger partial charge is 0.102 e. The summed E-state index contributed by atoms with van der Waals surface area (Å²) in [4.78, 5) is 1.61. The standard InChI is InChI=1S/C6H9N3/c7-5-9-4-2-1-3-6(9)8/h1-7H,8H2. The summed E-state index contributed by atoms with van der Waals surface area (Å²) in [5.41, 5.74) is 5.53. The van der Waals surface area contributed by atoms with Crippen LogP contribution < -0.4 is 5.73 Å². The van der Waals surface area contributed by atoms with Crippen molar-refractivity contribution in [1.82, 2.24) is 4.90 Å². The summed E-state index contributed by atoms with van der Waals surface area (Å²) in [5.74, 6) is 0. The van der Waals surface area contributed by atoms with Crippen molar-refractivity contribution >= 4 is 6.34 Å². The maximum Gasteiger partial charge on any atom is 0.102 e. The molecule has 1 aliphatic rings. The third-order valence-corrected chi connectivity index (χ3v) is 1.17. The maximum absolute atomic E-state index is 6.86. The van der Waals surface area contributed by atoms with Gasteiger partial charge in [-0.05, 0) is 12.2 Å². The molecule has 0 saturated heterocycles. The van der Waals surface area contributed by atoms with Gasteiger partial charge in [0, 0.05) is 6.20 Å². The lowest BCUT2D eigenvalue weighted by atomic mass is 10.3. The Kier molecular flexibility index (Phi) is 1.65. The lowest BCUT2D eigenvalue weighted by Crippen LogP contribution is -2.36. The van der Waals surface area contributed by atoms with Crippen LogP contribution in [0.25, 0.3) is 0 Å². The van der Waals surface area contributed by atoms with Gasteiger partial charge in [-0.15, -0.1) is 0 Å². The van der Waals surface area contributed by atoms with E-state index >= 15 is 0 Å². The molecule has 1 unspecified atom stereocenters. The summed E-state index contributed by atoms with van der Waals surface area (Å²) in [6.07, 6.45) is 8.33. The lowest BCUT2D eigenvalue weighted by molar-refractivity contribution is 0.485. The number of hydrogen-bond donors (Lipinski definition) is 2.